The fourth-order valence-electron chi connectivity index (χ4n) is 2.70. The molecule has 0 aromatic heterocycles. The van der Waals surface area contributed by atoms with Gasteiger partial charge < -0.3 is 5.11 Å². The van der Waals surface area contributed by atoms with Crippen molar-refractivity contribution in [3.05, 3.63) is 28.2 Å². The van der Waals surface area contributed by atoms with Crippen LogP contribution in [0.25, 0.3) is 0 Å². The maximum atomic E-state index is 12.8. The summed E-state index contributed by atoms with van der Waals surface area (Å²) in [5.41, 5.74) is -0.0326. The number of piperidine rings is 1. The molecule has 0 radical (unpaired) electrons. The smallest absolute Gasteiger partial charge is 0.335 e. The lowest BCUT2D eigenvalue weighted by Gasteiger charge is -2.35. The van der Waals surface area contributed by atoms with Gasteiger partial charge in [-0.2, -0.15) is 4.31 Å². The van der Waals surface area contributed by atoms with Crippen molar-refractivity contribution < 1.29 is 18.3 Å². The van der Waals surface area contributed by atoms with Crippen LogP contribution < -0.4 is 0 Å². The summed E-state index contributed by atoms with van der Waals surface area (Å²) in [6.07, 6.45) is 1.63. The first kappa shape index (κ1) is 16.5. The number of halogens is 1. The van der Waals surface area contributed by atoms with E-state index in [9.17, 15) is 13.2 Å². The minimum absolute atomic E-state index is 0.0174. The van der Waals surface area contributed by atoms with Crippen LogP contribution in [0.1, 0.15) is 37.0 Å². The van der Waals surface area contributed by atoms with Gasteiger partial charge in [-0.3, -0.25) is 0 Å². The van der Waals surface area contributed by atoms with Crippen molar-refractivity contribution in [3.8, 4) is 0 Å². The van der Waals surface area contributed by atoms with Gasteiger partial charge in [-0.15, -0.1) is 0 Å². The topological polar surface area (TPSA) is 74.7 Å². The van der Waals surface area contributed by atoms with Crippen LogP contribution >= 0.6 is 15.9 Å². The van der Waals surface area contributed by atoms with Gasteiger partial charge in [0, 0.05) is 17.1 Å². The Kier molecular flexibility index (Phi) is 4.75. The van der Waals surface area contributed by atoms with E-state index in [4.69, 9.17) is 5.11 Å². The van der Waals surface area contributed by atoms with Crippen LogP contribution in [0.4, 0.5) is 0 Å². The molecule has 0 saturated carbocycles. The molecule has 0 spiro atoms. The molecule has 116 valence electrons. The second-order valence-electron chi connectivity index (χ2n) is 5.54. The Labute approximate surface area is 133 Å². The van der Waals surface area contributed by atoms with Gasteiger partial charge in [-0.05, 0) is 59.8 Å². The normalized spacial score (nSPS) is 24.0. The molecule has 1 aromatic rings. The zero-order chi connectivity index (χ0) is 15.8. The minimum Gasteiger partial charge on any atom is -0.478 e. The summed E-state index contributed by atoms with van der Waals surface area (Å²) >= 11 is 3.22. The third-order valence-electron chi connectivity index (χ3n) is 3.84. The maximum Gasteiger partial charge on any atom is 0.335 e. The number of hydrogen-bond acceptors (Lipinski definition) is 3. The van der Waals surface area contributed by atoms with Crippen LogP contribution in [0.3, 0.4) is 0 Å². The van der Waals surface area contributed by atoms with E-state index < -0.39 is 16.0 Å². The summed E-state index contributed by atoms with van der Waals surface area (Å²) in [6, 6.07) is 3.98. The van der Waals surface area contributed by atoms with Crippen molar-refractivity contribution in [1.29, 1.82) is 0 Å². The molecular weight excluding hydrogens is 358 g/mol. The van der Waals surface area contributed by atoms with E-state index in [1.165, 1.54) is 22.5 Å². The summed E-state index contributed by atoms with van der Waals surface area (Å²) in [5.74, 6) is -0.639. The second kappa shape index (κ2) is 6.06. The van der Waals surface area contributed by atoms with Crippen molar-refractivity contribution >= 4 is 31.9 Å². The van der Waals surface area contributed by atoms with Crippen LogP contribution in [-0.4, -0.2) is 36.4 Å². The fourth-order valence-corrected chi connectivity index (χ4v) is 5.31. The van der Waals surface area contributed by atoms with Crippen LogP contribution in [-0.2, 0) is 10.0 Å². The Bertz CT molecular complexity index is 659. The predicted octanol–water partition coefficient (Wildman–Crippen LogP) is 2.96. The highest BCUT2D eigenvalue weighted by atomic mass is 79.9. The van der Waals surface area contributed by atoms with Gasteiger partial charge in [0.25, 0.3) is 0 Å². The van der Waals surface area contributed by atoms with E-state index in [0.29, 0.717) is 16.9 Å². The van der Waals surface area contributed by atoms with Crippen molar-refractivity contribution in [2.45, 2.75) is 37.6 Å². The molecule has 0 aliphatic carbocycles. The largest absolute Gasteiger partial charge is 0.478 e. The summed E-state index contributed by atoms with van der Waals surface area (Å²) in [5, 5.41) is 9.04. The first-order valence-electron chi connectivity index (χ1n) is 6.78. The van der Waals surface area contributed by atoms with E-state index in [1.54, 1.807) is 0 Å². The first-order chi connectivity index (χ1) is 9.73. The number of benzene rings is 1. The minimum atomic E-state index is -3.70. The lowest BCUT2D eigenvalue weighted by molar-refractivity contribution is 0.0696. The molecule has 1 aliphatic rings. The van der Waals surface area contributed by atoms with E-state index >= 15 is 0 Å². The number of nitrogens with zero attached hydrogens (tertiary/aromatic N) is 1. The molecule has 0 bridgehead atoms. The molecule has 1 fully saturated rings. The summed E-state index contributed by atoms with van der Waals surface area (Å²) in [6.45, 7) is 4.47. The Morgan fingerprint density at radius 1 is 1.38 bits per heavy atom. The van der Waals surface area contributed by atoms with Gasteiger partial charge in [-0.1, -0.05) is 6.92 Å². The maximum absolute atomic E-state index is 12.8. The summed E-state index contributed by atoms with van der Waals surface area (Å²) in [4.78, 5) is 11.1. The molecule has 21 heavy (non-hydrogen) atoms. The summed E-state index contributed by atoms with van der Waals surface area (Å²) in [7, 11) is -3.70. The van der Waals surface area contributed by atoms with Gasteiger partial charge in [0.05, 0.1) is 10.5 Å². The van der Waals surface area contributed by atoms with Crippen LogP contribution in [0.15, 0.2) is 27.6 Å². The highest BCUT2D eigenvalue weighted by Gasteiger charge is 2.34. The number of hydrogen-bond donors (Lipinski definition) is 1. The lowest BCUT2D eigenvalue weighted by Crippen LogP contribution is -2.44. The number of sulfonamides is 1. The predicted molar refractivity (Wildman–Crippen MR) is 82.9 cm³/mol. The monoisotopic (exact) mass is 375 g/mol. The molecule has 2 atom stereocenters. The highest BCUT2D eigenvalue weighted by molar-refractivity contribution is 9.10. The van der Waals surface area contributed by atoms with Crippen molar-refractivity contribution in [2.24, 2.45) is 5.92 Å². The Morgan fingerprint density at radius 2 is 2.05 bits per heavy atom. The molecule has 1 aliphatic heterocycles. The molecule has 2 rings (SSSR count). The van der Waals surface area contributed by atoms with E-state index in [0.717, 1.165) is 12.8 Å². The van der Waals surface area contributed by atoms with Crippen molar-refractivity contribution in [1.82, 2.24) is 4.31 Å². The number of carboxylic acid groups (broad SMARTS) is 1. The number of carbonyl (C=O) groups is 1. The zero-order valence-corrected chi connectivity index (χ0v) is 14.3. The van der Waals surface area contributed by atoms with Crippen LogP contribution in [0.5, 0.6) is 0 Å². The van der Waals surface area contributed by atoms with Crippen molar-refractivity contribution in [2.75, 3.05) is 6.54 Å². The van der Waals surface area contributed by atoms with Gasteiger partial charge >= 0.3 is 5.97 Å². The molecule has 0 amide bonds. The molecule has 7 heteroatoms. The quantitative estimate of drug-likeness (QED) is 0.880. The lowest BCUT2D eigenvalue weighted by atomic mass is 9.95. The van der Waals surface area contributed by atoms with Crippen molar-refractivity contribution in [3.63, 3.8) is 0 Å². The Morgan fingerprint density at radius 3 is 2.62 bits per heavy atom. The molecule has 1 aromatic carbocycles. The molecule has 2 unspecified atom stereocenters. The fraction of sp³-hybridized carbons (Fsp3) is 0.500. The summed E-state index contributed by atoms with van der Waals surface area (Å²) < 4.78 is 27.5. The Hall–Kier alpha value is -0.920. The third kappa shape index (κ3) is 3.30. The SMILES string of the molecule is CC1CCN(S(=O)(=O)c2cc(C(=O)O)ccc2Br)C(C)C1. The first-order valence-corrected chi connectivity index (χ1v) is 9.01. The number of carboxylic acids is 1. The van der Waals surface area contributed by atoms with Gasteiger partial charge in [0.2, 0.25) is 10.0 Å². The van der Waals surface area contributed by atoms with E-state index in [-0.39, 0.29) is 16.5 Å². The van der Waals surface area contributed by atoms with Gasteiger partial charge in [0.15, 0.2) is 0 Å². The van der Waals surface area contributed by atoms with Crippen LogP contribution in [0.2, 0.25) is 0 Å². The standard InChI is InChI=1S/C14H18BrNO4S/c1-9-5-6-16(10(2)7-9)21(19,20)13-8-11(14(17)18)3-4-12(13)15/h3-4,8-10H,5-7H2,1-2H3,(H,17,18). The van der Waals surface area contributed by atoms with Gasteiger partial charge in [0.1, 0.15) is 0 Å². The molecule has 1 N–H and O–H groups in total. The Balaban J connectivity index is 2.44. The van der Waals surface area contributed by atoms with E-state index in [1.807, 2.05) is 6.92 Å². The number of aromatic carboxylic acids is 1. The average molecular weight is 376 g/mol. The average Bonchev–Trinajstić information content (AvgIpc) is 2.38. The highest BCUT2D eigenvalue weighted by Crippen LogP contribution is 2.32. The third-order valence-corrected chi connectivity index (χ3v) is 6.85. The molecule has 1 saturated heterocycles. The molecule has 1 heterocycles. The second-order valence-corrected chi connectivity index (χ2v) is 8.26. The zero-order valence-electron chi connectivity index (χ0n) is 11.9. The molecule has 5 nitrogen and oxygen atoms in total. The van der Waals surface area contributed by atoms with Crippen LogP contribution in [0, 0.1) is 5.92 Å². The molecular formula is C14H18BrNO4S. The van der Waals surface area contributed by atoms with E-state index in [2.05, 4.69) is 22.9 Å². The van der Waals surface area contributed by atoms with Gasteiger partial charge in [-0.25, -0.2) is 13.2 Å². The number of rotatable bonds is 3.